The van der Waals surface area contributed by atoms with E-state index in [1.54, 1.807) is 30.4 Å². The summed E-state index contributed by atoms with van der Waals surface area (Å²) in [6.07, 6.45) is 0. The monoisotopic (exact) mass is 353 g/mol. The number of thioether (sulfide) groups is 2. The van der Waals surface area contributed by atoms with Crippen LogP contribution in [0, 0.1) is 5.82 Å². The number of rotatable bonds is 3. The molecule has 2 unspecified atom stereocenters. The quantitative estimate of drug-likeness (QED) is 0.827. The minimum atomic E-state index is -0.533. The summed E-state index contributed by atoms with van der Waals surface area (Å²) in [5.74, 6) is 2.31. The molecule has 0 saturated carbocycles. The third-order valence-corrected chi connectivity index (χ3v) is 6.34. The second-order valence-electron chi connectivity index (χ2n) is 4.45. The Kier molecular flexibility index (Phi) is 5.90. The van der Waals surface area contributed by atoms with E-state index in [1.165, 1.54) is 12.1 Å². The fourth-order valence-electron chi connectivity index (χ4n) is 1.89. The SMILES string of the molecule is CC(NC(=O)C1CSCCS1)c1cc(F)c(Cl)cc1Cl. The summed E-state index contributed by atoms with van der Waals surface area (Å²) in [4.78, 5) is 12.1. The van der Waals surface area contributed by atoms with Crippen molar-refractivity contribution in [1.82, 2.24) is 5.32 Å². The minimum Gasteiger partial charge on any atom is -0.349 e. The van der Waals surface area contributed by atoms with E-state index in [2.05, 4.69) is 5.32 Å². The highest BCUT2D eigenvalue weighted by atomic mass is 35.5. The van der Waals surface area contributed by atoms with Crippen LogP contribution in [0.2, 0.25) is 10.0 Å². The normalized spacial score (nSPS) is 20.5. The van der Waals surface area contributed by atoms with Crippen LogP contribution in [0.3, 0.4) is 0 Å². The Labute approximate surface area is 136 Å². The molecule has 1 heterocycles. The first kappa shape index (κ1) is 16.3. The predicted molar refractivity (Wildman–Crippen MR) is 86.5 cm³/mol. The number of benzene rings is 1. The van der Waals surface area contributed by atoms with Gasteiger partial charge in [0, 0.05) is 22.3 Å². The topological polar surface area (TPSA) is 29.1 Å². The van der Waals surface area contributed by atoms with Crippen molar-refractivity contribution in [2.45, 2.75) is 18.2 Å². The molecule has 0 spiro atoms. The lowest BCUT2D eigenvalue weighted by Crippen LogP contribution is -2.37. The first-order chi connectivity index (χ1) is 9.49. The van der Waals surface area contributed by atoms with Crippen LogP contribution in [0.1, 0.15) is 18.5 Å². The van der Waals surface area contributed by atoms with Crippen LogP contribution >= 0.6 is 46.7 Å². The van der Waals surface area contributed by atoms with E-state index in [0.717, 1.165) is 17.3 Å². The standard InChI is InChI=1S/C13H14Cl2FNOS2/c1-7(8-4-11(16)10(15)5-9(8)14)17-13(18)12-6-19-2-3-20-12/h4-5,7,12H,2-3,6H2,1H3,(H,17,18). The van der Waals surface area contributed by atoms with Gasteiger partial charge >= 0.3 is 0 Å². The van der Waals surface area contributed by atoms with Crippen molar-refractivity contribution in [2.75, 3.05) is 17.3 Å². The molecule has 0 bridgehead atoms. The summed E-state index contributed by atoms with van der Waals surface area (Å²) < 4.78 is 13.5. The van der Waals surface area contributed by atoms with Crippen LogP contribution < -0.4 is 5.32 Å². The van der Waals surface area contributed by atoms with E-state index in [-0.39, 0.29) is 22.2 Å². The summed E-state index contributed by atoms with van der Waals surface area (Å²) in [5, 5.41) is 3.18. The Morgan fingerprint density at radius 1 is 1.40 bits per heavy atom. The van der Waals surface area contributed by atoms with Gasteiger partial charge in [0.25, 0.3) is 0 Å². The molecule has 1 aromatic rings. The van der Waals surface area contributed by atoms with Gasteiger partial charge in [0.05, 0.1) is 16.3 Å². The van der Waals surface area contributed by atoms with Crippen LogP contribution in [0.15, 0.2) is 12.1 Å². The molecule has 0 aromatic heterocycles. The van der Waals surface area contributed by atoms with E-state index in [0.29, 0.717) is 10.6 Å². The molecule has 1 aliphatic rings. The average Bonchev–Trinajstić information content (AvgIpc) is 2.43. The predicted octanol–water partition coefficient (Wildman–Crippen LogP) is 4.16. The van der Waals surface area contributed by atoms with E-state index in [1.807, 2.05) is 0 Å². The van der Waals surface area contributed by atoms with E-state index >= 15 is 0 Å². The highest BCUT2D eigenvalue weighted by Gasteiger charge is 2.24. The maximum atomic E-state index is 13.5. The molecule has 0 aliphatic carbocycles. The van der Waals surface area contributed by atoms with Crippen molar-refractivity contribution >= 4 is 52.6 Å². The molecule has 1 aliphatic heterocycles. The maximum Gasteiger partial charge on any atom is 0.234 e. The van der Waals surface area contributed by atoms with Gasteiger partial charge in [-0.25, -0.2) is 4.39 Å². The molecule has 7 heteroatoms. The zero-order chi connectivity index (χ0) is 14.7. The van der Waals surface area contributed by atoms with Gasteiger partial charge in [-0.15, -0.1) is 11.8 Å². The number of halogens is 3. The summed E-state index contributed by atoms with van der Waals surface area (Å²) in [6, 6.07) is 2.29. The minimum absolute atomic E-state index is 0.0171. The smallest absolute Gasteiger partial charge is 0.234 e. The van der Waals surface area contributed by atoms with E-state index < -0.39 is 5.82 Å². The van der Waals surface area contributed by atoms with Gasteiger partial charge in [0.2, 0.25) is 5.91 Å². The van der Waals surface area contributed by atoms with Gasteiger partial charge in [-0.05, 0) is 24.6 Å². The molecular formula is C13H14Cl2FNOS2. The Balaban J connectivity index is 2.05. The van der Waals surface area contributed by atoms with E-state index in [4.69, 9.17) is 23.2 Å². The number of carbonyl (C=O) groups is 1. The fourth-order valence-corrected chi connectivity index (χ4v) is 5.01. The summed E-state index contributed by atoms with van der Waals surface area (Å²) in [7, 11) is 0. The number of nitrogens with one attached hydrogen (secondary N) is 1. The Morgan fingerprint density at radius 2 is 2.15 bits per heavy atom. The highest BCUT2D eigenvalue weighted by Crippen LogP contribution is 2.29. The van der Waals surface area contributed by atoms with Gasteiger partial charge in [-0.1, -0.05) is 23.2 Å². The molecule has 2 nitrogen and oxygen atoms in total. The molecule has 2 atom stereocenters. The van der Waals surface area contributed by atoms with Gasteiger partial charge in [0.15, 0.2) is 0 Å². The molecule has 1 aromatic carbocycles. The second kappa shape index (κ2) is 7.25. The van der Waals surface area contributed by atoms with Crippen molar-refractivity contribution in [3.63, 3.8) is 0 Å². The number of hydrogen-bond acceptors (Lipinski definition) is 3. The van der Waals surface area contributed by atoms with Crippen molar-refractivity contribution in [3.8, 4) is 0 Å². The molecule has 20 heavy (non-hydrogen) atoms. The lowest BCUT2D eigenvalue weighted by atomic mass is 10.1. The summed E-state index contributed by atoms with van der Waals surface area (Å²) >= 11 is 15.2. The molecule has 1 fully saturated rings. The van der Waals surface area contributed by atoms with Crippen LogP contribution in [0.5, 0.6) is 0 Å². The molecule has 0 radical (unpaired) electrons. The molecular weight excluding hydrogens is 340 g/mol. The zero-order valence-corrected chi connectivity index (χ0v) is 13.9. The zero-order valence-electron chi connectivity index (χ0n) is 10.8. The fraction of sp³-hybridized carbons (Fsp3) is 0.462. The van der Waals surface area contributed by atoms with Crippen LogP contribution in [-0.2, 0) is 4.79 Å². The van der Waals surface area contributed by atoms with Crippen molar-refractivity contribution in [1.29, 1.82) is 0 Å². The van der Waals surface area contributed by atoms with Crippen molar-refractivity contribution < 1.29 is 9.18 Å². The Bertz CT molecular complexity index is 509. The second-order valence-corrected chi connectivity index (χ2v) is 7.73. The van der Waals surface area contributed by atoms with Gasteiger partial charge in [0.1, 0.15) is 5.82 Å². The first-order valence-electron chi connectivity index (χ1n) is 6.13. The van der Waals surface area contributed by atoms with Crippen molar-refractivity contribution in [3.05, 3.63) is 33.6 Å². The largest absolute Gasteiger partial charge is 0.349 e. The maximum absolute atomic E-state index is 13.5. The molecule has 1 amide bonds. The van der Waals surface area contributed by atoms with Gasteiger partial charge in [-0.3, -0.25) is 4.79 Å². The number of hydrogen-bond donors (Lipinski definition) is 1. The molecule has 1 N–H and O–H groups in total. The molecule has 1 saturated heterocycles. The number of amides is 1. The summed E-state index contributed by atoms with van der Waals surface area (Å²) in [6.45, 7) is 1.78. The van der Waals surface area contributed by atoms with Crippen LogP contribution in [-0.4, -0.2) is 28.4 Å². The molecule has 2 rings (SSSR count). The first-order valence-corrected chi connectivity index (χ1v) is 9.09. The van der Waals surface area contributed by atoms with Crippen molar-refractivity contribution in [2.24, 2.45) is 0 Å². The van der Waals surface area contributed by atoms with Crippen LogP contribution in [0.25, 0.3) is 0 Å². The highest BCUT2D eigenvalue weighted by molar-refractivity contribution is 8.07. The number of carbonyl (C=O) groups excluding carboxylic acids is 1. The van der Waals surface area contributed by atoms with Crippen LogP contribution in [0.4, 0.5) is 4.39 Å². The van der Waals surface area contributed by atoms with Gasteiger partial charge in [-0.2, -0.15) is 11.8 Å². The average molecular weight is 354 g/mol. The van der Waals surface area contributed by atoms with E-state index in [9.17, 15) is 9.18 Å². The third-order valence-electron chi connectivity index (χ3n) is 2.97. The lowest BCUT2D eigenvalue weighted by Gasteiger charge is -2.23. The lowest BCUT2D eigenvalue weighted by molar-refractivity contribution is -0.120. The Hall–Kier alpha value is -0.100. The summed E-state index contributed by atoms with van der Waals surface area (Å²) in [5.41, 5.74) is 0.537. The third kappa shape index (κ3) is 3.97. The van der Waals surface area contributed by atoms with Gasteiger partial charge < -0.3 is 5.32 Å². The Morgan fingerprint density at radius 3 is 2.80 bits per heavy atom. The molecule has 110 valence electrons.